The maximum absolute atomic E-state index is 14.0. The fourth-order valence-corrected chi connectivity index (χ4v) is 5.77. The number of para-hydroxylation sites is 1. The van der Waals surface area contributed by atoms with Gasteiger partial charge in [-0.25, -0.2) is 51.5 Å². The van der Waals surface area contributed by atoms with Crippen LogP contribution >= 0.6 is 0 Å². The predicted octanol–water partition coefficient (Wildman–Crippen LogP) is 6.24. The molecular formula is C33H28F3N9O2S. The molecule has 4 heterocycles. The van der Waals surface area contributed by atoms with E-state index in [1.54, 1.807) is 60.6 Å². The maximum atomic E-state index is 14.0. The van der Waals surface area contributed by atoms with E-state index >= 15 is 0 Å². The average Bonchev–Trinajstić information content (AvgIpc) is 3.59. The van der Waals surface area contributed by atoms with Gasteiger partial charge in [-0.15, -0.1) is 0 Å². The van der Waals surface area contributed by atoms with Crippen molar-refractivity contribution in [2.24, 2.45) is 14.1 Å². The molecule has 48 heavy (non-hydrogen) atoms. The molecule has 0 aliphatic rings. The number of imidazole rings is 2. The summed E-state index contributed by atoms with van der Waals surface area (Å²) in [7, 11) is -0.0347. The molecule has 15 heteroatoms. The van der Waals surface area contributed by atoms with Crippen LogP contribution < -0.4 is 5.32 Å². The second-order valence-electron chi connectivity index (χ2n) is 11.1. The molecule has 4 aromatic heterocycles. The molecule has 0 saturated carbocycles. The first-order chi connectivity index (χ1) is 22.8. The van der Waals surface area contributed by atoms with Gasteiger partial charge in [0.1, 0.15) is 23.0 Å². The van der Waals surface area contributed by atoms with E-state index in [9.17, 15) is 21.6 Å². The zero-order chi connectivity index (χ0) is 34.3. The molecule has 0 amide bonds. The van der Waals surface area contributed by atoms with E-state index in [1.165, 1.54) is 42.7 Å². The molecule has 0 aliphatic carbocycles. The van der Waals surface area contributed by atoms with Gasteiger partial charge in [-0.1, -0.05) is 12.1 Å². The van der Waals surface area contributed by atoms with Crippen LogP contribution in [-0.4, -0.2) is 53.7 Å². The minimum absolute atomic E-state index is 0.128. The summed E-state index contributed by atoms with van der Waals surface area (Å²) in [5, 5.41) is 2.87. The Morgan fingerprint density at radius 3 is 1.75 bits per heavy atom. The summed E-state index contributed by atoms with van der Waals surface area (Å²) < 4.78 is 68.1. The maximum Gasteiger partial charge on any atom is 0.195 e. The highest BCUT2D eigenvalue weighted by atomic mass is 32.2. The van der Waals surface area contributed by atoms with Crippen LogP contribution in [0, 0.1) is 31.3 Å². The van der Waals surface area contributed by atoms with Crippen molar-refractivity contribution in [3.63, 3.8) is 0 Å². The number of nitrogens with one attached hydrogen (secondary N) is 1. The average molecular weight is 672 g/mol. The molecule has 7 aromatic rings. The summed E-state index contributed by atoms with van der Waals surface area (Å²) in [4.78, 5) is 26.0. The second kappa shape index (κ2) is 12.5. The van der Waals surface area contributed by atoms with E-state index in [4.69, 9.17) is 0 Å². The molecule has 0 radical (unpaired) electrons. The van der Waals surface area contributed by atoms with Crippen molar-refractivity contribution in [3.05, 3.63) is 102 Å². The van der Waals surface area contributed by atoms with Crippen LogP contribution in [0.15, 0.2) is 78.3 Å². The Bertz CT molecular complexity index is 2460. The smallest absolute Gasteiger partial charge is 0.195 e. The van der Waals surface area contributed by atoms with E-state index < -0.39 is 15.7 Å². The van der Waals surface area contributed by atoms with E-state index in [2.05, 4.69) is 35.2 Å². The lowest BCUT2D eigenvalue weighted by Crippen LogP contribution is -2.06. The molecule has 0 aliphatic heterocycles. The Hall–Kier alpha value is -5.70. The summed E-state index contributed by atoms with van der Waals surface area (Å²) in [6.45, 7) is 3.51. The quantitative estimate of drug-likeness (QED) is 0.211. The number of benzene rings is 3. The third-order valence-electron chi connectivity index (χ3n) is 7.42. The number of fused-ring (bicyclic) bond motifs is 2. The lowest BCUT2D eigenvalue weighted by Gasteiger charge is -2.11. The number of sulfone groups is 1. The molecule has 11 nitrogen and oxygen atoms in total. The molecule has 0 bridgehead atoms. The number of aryl methyl sites for hydroxylation is 4. The minimum atomic E-state index is -3.57. The van der Waals surface area contributed by atoms with Gasteiger partial charge in [0.25, 0.3) is 0 Å². The molecule has 7 rings (SSSR count). The van der Waals surface area contributed by atoms with E-state index in [0.717, 1.165) is 6.26 Å². The SMILES string of the molecule is Cc1cc(F)ccc1-c1nc(Nc2ccccc2F)c2ncn(C)c2n1.Cc1cc(F)ccc1-c1nc(S(C)(=O)=O)c2ncn(C)c2n1. The topological polar surface area (TPSA) is 133 Å². The summed E-state index contributed by atoms with van der Waals surface area (Å²) in [5.74, 6) is -0.0515. The van der Waals surface area contributed by atoms with E-state index in [1.807, 2.05) is 7.05 Å². The van der Waals surface area contributed by atoms with Crippen LogP contribution in [0.2, 0.25) is 0 Å². The highest BCUT2D eigenvalue weighted by Gasteiger charge is 2.21. The minimum Gasteiger partial charge on any atom is -0.336 e. The Morgan fingerprint density at radius 1 is 0.688 bits per heavy atom. The normalized spacial score (nSPS) is 11.5. The van der Waals surface area contributed by atoms with Gasteiger partial charge in [0.2, 0.25) is 0 Å². The van der Waals surface area contributed by atoms with Gasteiger partial charge >= 0.3 is 0 Å². The standard InChI is InChI=1S/C19H15F2N5.C14H13FN4O2S/c1-11-9-12(20)7-8-13(11)17-24-18(16-19(25-17)26(2)10-22-16)23-15-6-4-3-5-14(15)21;1-8-6-9(15)4-5-10(8)12-17-13-11(16-7-19(13)2)14(18-12)22(3,20)21/h3-10H,1-2H3,(H,23,24,25);4-7H,1-3H3. The summed E-state index contributed by atoms with van der Waals surface area (Å²) in [6.07, 6.45) is 4.17. The van der Waals surface area contributed by atoms with Crippen molar-refractivity contribution in [2.45, 2.75) is 18.9 Å². The zero-order valence-corrected chi connectivity index (χ0v) is 27.2. The molecular weight excluding hydrogens is 643 g/mol. The van der Waals surface area contributed by atoms with Crippen molar-refractivity contribution >= 4 is 43.7 Å². The zero-order valence-electron chi connectivity index (χ0n) is 26.4. The molecule has 0 atom stereocenters. The summed E-state index contributed by atoms with van der Waals surface area (Å²) in [6, 6.07) is 14.9. The molecule has 0 saturated heterocycles. The molecule has 3 aromatic carbocycles. The first kappa shape index (κ1) is 32.2. The lowest BCUT2D eigenvalue weighted by molar-refractivity contribution is 0.599. The van der Waals surface area contributed by atoms with Crippen LogP contribution in [0.4, 0.5) is 24.7 Å². The van der Waals surface area contributed by atoms with Crippen LogP contribution in [0.3, 0.4) is 0 Å². The second-order valence-corrected chi connectivity index (χ2v) is 13.0. The van der Waals surface area contributed by atoms with Gasteiger partial charge in [0, 0.05) is 31.5 Å². The van der Waals surface area contributed by atoms with Gasteiger partial charge in [-0.05, 0) is 73.5 Å². The fraction of sp³-hybridized carbons (Fsp3) is 0.152. The number of rotatable bonds is 5. The van der Waals surface area contributed by atoms with Gasteiger partial charge in [0.05, 0.1) is 18.3 Å². The van der Waals surface area contributed by atoms with Gasteiger partial charge in [-0.3, -0.25) is 0 Å². The largest absolute Gasteiger partial charge is 0.336 e. The monoisotopic (exact) mass is 671 g/mol. The highest BCUT2D eigenvalue weighted by Crippen LogP contribution is 2.29. The van der Waals surface area contributed by atoms with Crippen LogP contribution in [0.5, 0.6) is 0 Å². The molecule has 0 unspecified atom stereocenters. The molecule has 0 fully saturated rings. The third kappa shape index (κ3) is 6.31. The van der Waals surface area contributed by atoms with Gasteiger partial charge < -0.3 is 14.5 Å². The van der Waals surface area contributed by atoms with Crippen LogP contribution in [-0.2, 0) is 23.9 Å². The van der Waals surface area contributed by atoms with Crippen molar-refractivity contribution in [1.82, 2.24) is 39.0 Å². The Morgan fingerprint density at radius 2 is 1.21 bits per heavy atom. The number of hydrogen-bond acceptors (Lipinski definition) is 9. The molecule has 244 valence electrons. The number of nitrogens with zero attached hydrogens (tertiary/aromatic N) is 8. The number of halogens is 3. The van der Waals surface area contributed by atoms with Gasteiger partial charge in [-0.2, -0.15) is 0 Å². The lowest BCUT2D eigenvalue weighted by atomic mass is 10.1. The first-order valence-electron chi connectivity index (χ1n) is 14.4. The predicted molar refractivity (Wildman–Crippen MR) is 176 cm³/mol. The highest BCUT2D eigenvalue weighted by molar-refractivity contribution is 7.90. The van der Waals surface area contributed by atoms with Crippen molar-refractivity contribution < 1.29 is 21.6 Å². The number of hydrogen-bond donors (Lipinski definition) is 1. The van der Waals surface area contributed by atoms with Crippen molar-refractivity contribution in [3.8, 4) is 22.8 Å². The van der Waals surface area contributed by atoms with E-state index in [-0.39, 0.29) is 28.0 Å². The number of anilines is 2. The van der Waals surface area contributed by atoms with Crippen LogP contribution in [0.1, 0.15) is 11.1 Å². The summed E-state index contributed by atoms with van der Waals surface area (Å²) in [5.41, 5.74) is 4.67. The fourth-order valence-electron chi connectivity index (χ4n) is 5.02. The van der Waals surface area contributed by atoms with Gasteiger partial charge in [0.15, 0.2) is 49.1 Å². The van der Waals surface area contributed by atoms with Crippen LogP contribution in [0.25, 0.3) is 45.1 Å². The summed E-state index contributed by atoms with van der Waals surface area (Å²) >= 11 is 0. The third-order valence-corrected chi connectivity index (χ3v) is 8.41. The Balaban J connectivity index is 0.000000170. The number of aromatic nitrogens is 8. The van der Waals surface area contributed by atoms with Crippen molar-refractivity contribution in [1.29, 1.82) is 0 Å². The first-order valence-corrected chi connectivity index (χ1v) is 16.3. The Labute approximate surface area is 273 Å². The van der Waals surface area contributed by atoms with E-state index in [0.29, 0.717) is 56.4 Å². The molecule has 1 N–H and O–H groups in total. The Kier molecular flexibility index (Phi) is 8.39. The van der Waals surface area contributed by atoms with Crippen molar-refractivity contribution in [2.75, 3.05) is 11.6 Å². The molecule has 0 spiro atoms.